The number of aromatic nitrogens is 2. The van der Waals surface area contributed by atoms with Gasteiger partial charge in [0.1, 0.15) is 5.69 Å². The van der Waals surface area contributed by atoms with Crippen LogP contribution in [-0.2, 0) is 4.79 Å². The number of hydrogen-bond acceptors (Lipinski definition) is 5. The molecule has 1 aromatic heterocycles. The first-order valence-corrected chi connectivity index (χ1v) is 8.85. The predicted molar refractivity (Wildman–Crippen MR) is 108 cm³/mol. The lowest BCUT2D eigenvalue weighted by atomic mass is 10.1. The third kappa shape index (κ3) is 5.14. The Hall–Kier alpha value is -3.74. The standard InChI is InChI=1S/C21H21N5O2/c1-14(16-6-4-3-5-7-16)23-20(28)19-12-13-22-21(26-19)25-18-10-8-17(9-11-18)24-15(2)27/h3-14H,1-2H3,(H,23,28)(H,24,27)(H,22,25,26). The van der Waals surface area contributed by atoms with Gasteiger partial charge in [-0.15, -0.1) is 0 Å². The molecule has 0 fully saturated rings. The molecule has 3 aromatic rings. The molecule has 0 saturated heterocycles. The van der Waals surface area contributed by atoms with E-state index in [1.807, 2.05) is 37.3 Å². The Morgan fingerprint density at radius 2 is 1.61 bits per heavy atom. The minimum atomic E-state index is -0.275. The van der Waals surface area contributed by atoms with E-state index in [9.17, 15) is 9.59 Å². The second-order valence-corrected chi connectivity index (χ2v) is 6.25. The van der Waals surface area contributed by atoms with E-state index in [0.29, 0.717) is 11.6 Å². The Balaban J connectivity index is 1.66. The highest BCUT2D eigenvalue weighted by Crippen LogP contribution is 2.17. The second kappa shape index (κ2) is 8.77. The average molecular weight is 375 g/mol. The highest BCUT2D eigenvalue weighted by Gasteiger charge is 2.13. The van der Waals surface area contributed by atoms with Crippen LogP contribution in [0.4, 0.5) is 17.3 Å². The molecule has 2 aromatic carbocycles. The van der Waals surface area contributed by atoms with Gasteiger partial charge >= 0.3 is 0 Å². The van der Waals surface area contributed by atoms with Gasteiger partial charge in [-0.05, 0) is 42.8 Å². The Morgan fingerprint density at radius 1 is 0.929 bits per heavy atom. The van der Waals surface area contributed by atoms with Crippen molar-refractivity contribution in [1.82, 2.24) is 15.3 Å². The molecule has 3 rings (SSSR count). The van der Waals surface area contributed by atoms with Gasteiger partial charge in [-0.3, -0.25) is 9.59 Å². The van der Waals surface area contributed by atoms with Crippen LogP contribution in [0.3, 0.4) is 0 Å². The summed E-state index contributed by atoms with van der Waals surface area (Å²) in [6.45, 7) is 3.37. The van der Waals surface area contributed by atoms with Crippen LogP contribution in [0.2, 0.25) is 0 Å². The number of nitrogens with one attached hydrogen (secondary N) is 3. The SMILES string of the molecule is CC(=O)Nc1ccc(Nc2nccc(C(=O)NC(C)c3ccccc3)n2)cc1. The van der Waals surface area contributed by atoms with Crippen molar-refractivity contribution in [2.75, 3.05) is 10.6 Å². The van der Waals surface area contributed by atoms with E-state index in [2.05, 4.69) is 25.9 Å². The van der Waals surface area contributed by atoms with Crippen molar-refractivity contribution in [1.29, 1.82) is 0 Å². The molecule has 1 atom stereocenters. The van der Waals surface area contributed by atoms with E-state index in [1.54, 1.807) is 30.3 Å². The average Bonchev–Trinajstić information content (AvgIpc) is 2.70. The molecule has 3 N–H and O–H groups in total. The number of hydrogen-bond donors (Lipinski definition) is 3. The van der Waals surface area contributed by atoms with Crippen LogP contribution in [0.1, 0.15) is 35.9 Å². The van der Waals surface area contributed by atoms with Crippen molar-refractivity contribution in [2.24, 2.45) is 0 Å². The van der Waals surface area contributed by atoms with E-state index in [-0.39, 0.29) is 23.6 Å². The molecule has 142 valence electrons. The summed E-state index contributed by atoms with van der Waals surface area (Å²) < 4.78 is 0. The van der Waals surface area contributed by atoms with Crippen molar-refractivity contribution in [3.05, 3.63) is 78.1 Å². The second-order valence-electron chi connectivity index (χ2n) is 6.25. The number of carbonyl (C=O) groups excluding carboxylic acids is 2. The van der Waals surface area contributed by atoms with E-state index >= 15 is 0 Å². The van der Waals surface area contributed by atoms with Gasteiger partial charge in [-0.25, -0.2) is 9.97 Å². The van der Waals surface area contributed by atoms with Crippen LogP contribution in [0.15, 0.2) is 66.9 Å². The third-order valence-electron chi connectivity index (χ3n) is 4.00. The molecule has 0 bridgehead atoms. The summed E-state index contributed by atoms with van der Waals surface area (Å²) in [7, 11) is 0. The topological polar surface area (TPSA) is 96.0 Å². The number of amides is 2. The van der Waals surface area contributed by atoms with Crippen LogP contribution in [-0.4, -0.2) is 21.8 Å². The molecule has 0 aliphatic rings. The zero-order chi connectivity index (χ0) is 19.9. The van der Waals surface area contributed by atoms with Gasteiger partial charge < -0.3 is 16.0 Å². The molecule has 28 heavy (non-hydrogen) atoms. The Bertz CT molecular complexity index is 958. The molecule has 1 unspecified atom stereocenters. The number of anilines is 3. The van der Waals surface area contributed by atoms with Crippen LogP contribution >= 0.6 is 0 Å². The van der Waals surface area contributed by atoms with Crippen molar-refractivity contribution in [2.45, 2.75) is 19.9 Å². The number of benzene rings is 2. The zero-order valence-corrected chi connectivity index (χ0v) is 15.6. The van der Waals surface area contributed by atoms with Gasteiger partial charge in [0, 0.05) is 24.5 Å². The van der Waals surface area contributed by atoms with E-state index in [4.69, 9.17) is 0 Å². The molecular weight excluding hydrogens is 354 g/mol. The molecule has 7 nitrogen and oxygen atoms in total. The first-order valence-electron chi connectivity index (χ1n) is 8.85. The summed E-state index contributed by atoms with van der Waals surface area (Å²) in [6, 6.07) is 18.3. The van der Waals surface area contributed by atoms with E-state index in [0.717, 1.165) is 11.3 Å². The fraction of sp³-hybridized carbons (Fsp3) is 0.143. The number of rotatable bonds is 6. The lowest BCUT2D eigenvalue weighted by Gasteiger charge is -2.14. The minimum absolute atomic E-state index is 0.132. The largest absolute Gasteiger partial charge is 0.344 e. The predicted octanol–water partition coefficient (Wildman–Crippen LogP) is 3.67. The van der Waals surface area contributed by atoms with E-state index < -0.39 is 0 Å². The van der Waals surface area contributed by atoms with E-state index in [1.165, 1.54) is 13.1 Å². The van der Waals surface area contributed by atoms with Crippen LogP contribution in [0.5, 0.6) is 0 Å². The van der Waals surface area contributed by atoms with Crippen molar-refractivity contribution in [3.8, 4) is 0 Å². The molecule has 0 saturated carbocycles. The van der Waals surface area contributed by atoms with Gasteiger partial charge in [-0.1, -0.05) is 30.3 Å². The van der Waals surface area contributed by atoms with Crippen LogP contribution in [0, 0.1) is 0 Å². The normalized spacial score (nSPS) is 11.4. The van der Waals surface area contributed by atoms with Gasteiger partial charge in [-0.2, -0.15) is 0 Å². The van der Waals surface area contributed by atoms with Crippen molar-refractivity contribution in [3.63, 3.8) is 0 Å². The van der Waals surface area contributed by atoms with Gasteiger partial charge in [0.05, 0.1) is 6.04 Å². The fourth-order valence-corrected chi connectivity index (χ4v) is 2.61. The number of nitrogens with zero attached hydrogens (tertiary/aromatic N) is 2. The Morgan fingerprint density at radius 3 is 2.29 bits per heavy atom. The summed E-state index contributed by atoms with van der Waals surface area (Å²) in [5, 5.41) is 8.68. The molecule has 0 spiro atoms. The maximum atomic E-state index is 12.5. The third-order valence-corrected chi connectivity index (χ3v) is 4.00. The first-order chi connectivity index (χ1) is 13.5. The lowest BCUT2D eigenvalue weighted by molar-refractivity contribution is -0.114. The van der Waals surface area contributed by atoms with Crippen molar-refractivity contribution >= 4 is 29.1 Å². The van der Waals surface area contributed by atoms with Gasteiger partial charge in [0.15, 0.2) is 0 Å². The highest BCUT2D eigenvalue weighted by atomic mass is 16.2. The summed E-state index contributed by atoms with van der Waals surface area (Å²) in [5.74, 6) is -0.0948. The monoisotopic (exact) mass is 375 g/mol. The fourth-order valence-electron chi connectivity index (χ4n) is 2.61. The maximum absolute atomic E-state index is 12.5. The lowest BCUT2D eigenvalue weighted by Crippen LogP contribution is -2.27. The molecular formula is C21H21N5O2. The Labute approximate surface area is 163 Å². The van der Waals surface area contributed by atoms with Crippen LogP contribution in [0.25, 0.3) is 0 Å². The van der Waals surface area contributed by atoms with Gasteiger partial charge in [0.25, 0.3) is 5.91 Å². The molecule has 0 radical (unpaired) electrons. The maximum Gasteiger partial charge on any atom is 0.270 e. The minimum Gasteiger partial charge on any atom is -0.344 e. The molecule has 2 amide bonds. The summed E-state index contributed by atoms with van der Waals surface area (Å²) in [6.07, 6.45) is 1.53. The summed E-state index contributed by atoms with van der Waals surface area (Å²) in [4.78, 5) is 32.0. The van der Waals surface area contributed by atoms with Crippen molar-refractivity contribution < 1.29 is 9.59 Å². The van der Waals surface area contributed by atoms with Crippen LogP contribution < -0.4 is 16.0 Å². The first kappa shape index (κ1) is 19.0. The quantitative estimate of drug-likeness (QED) is 0.611. The Kier molecular flexibility index (Phi) is 5.96. The smallest absolute Gasteiger partial charge is 0.270 e. The molecule has 0 aliphatic heterocycles. The summed E-state index contributed by atoms with van der Waals surface area (Å²) >= 11 is 0. The number of carbonyl (C=O) groups is 2. The molecule has 0 aliphatic carbocycles. The molecule has 7 heteroatoms. The summed E-state index contributed by atoms with van der Waals surface area (Å²) in [5.41, 5.74) is 2.73. The molecule has 1 heterocycles. The highest BCUT2D eigenvalue weighted by molar-refractivity contribution is 5.92. The zero-order valence-electron chi connectivity index (χ0n) is 15.6. The van der Waals surface area contributed by atoms with Gasteiger partial charge in [0.2, 0.25) is 11.9 Å².